The highest BCUT2D eigenvalue weighted by atomic mass is 32.1. The van der Waals surface area contributed by atoms with Gasteiger partial charge in [0, 0.05) is 17.0 Å². The van der Waals surface area contributed by atoms with Gasteiger partial charge in [-0.1, -0.05) is 19.9 Å². The first-order chi connectivity index (χ1) is 14.5. The van der Waals surface area contributed by atoms with Crippen molar-refractivity contribution in [2.75, 3.05) is 33.3 Å². The second-order valence-electron chi connectivity index (χ2n) is 7.12. The highest BCUT2D eigenvalue weighted by Gasteiger charge is 2.46. The van der Waals surface area contributed by atoms with E-state index in [-0.39, 0.29) is 11.3 Å². The van der Waals surface area contributed by atoms with E-state index in [2.05, 4.69) is 18.7 Å². The topological polar surface area (TPSA) is 70.1 Å². The Morgan fingerprint density at radius 3 is 2.43 bits per heavy atom. The molecule has 1 saturated heterocycles. The van der Waals surface area contributed by atoms with Gasteiger partial charge in [-0.15, -0.1) is 11.3 Å². The van der Waals surface area contributed by atoms with E-state index >= 15 is 0 Å². The molecule has 1 N–H and O–H groups in total. The lowest BCUT2D eigenvalue weighted by Gasteiger charge is -2.25. The van der Waals surface area contributed by atoms with Crippen LogP contribution in [0.25, 0.3) is 5.76 Å². The molecule has 0 unspecified atom stereocenters. The number of hydrogen-bond donors (Lipinski definition) is 1. The molecular formula is C23H28N2O4S. The van der Waals surface area contributed by atoms with E-state index < -0.39 is 17.7 Å². The zero-order valence-electron chi connectivity index (χ0n) is 17.6. The van der Waals surface area contributed by atoms with Gasteiger partial charge in [-0.05, 0) is 61.8 Å². The summed E-state index contributed by atoms with van der Waals surface area (Å²) >= 11 is 1.48. The molecule has 1 atom stereocenters. The molecule has 0 aliphatic carbocycles. The Labute approximate surface area is 181 Å². The highest BCUT2D eigenvalue weighted by Crippen LogP contribution is 2.41. The Bertz CT molecular complexity index is 902. The van der Waals surface area contributed by atoms with Gasteiger partial charge in [0.25, 0.3) is 11.7 Å². The lowest BCUT2D eigenvalue weighted by Crippen LogP contribution is -2.33. The molecule has 1 aromatic heterocycles. The molecule has 1 aromatic carbocycles. The minimum Gasteiger partial charge on any atom is -0.507 e. The number of benzene rings is 1. The predicted molar refractivity (Wildman–Crippen MR) is 119 cm³/mol. The normalized spacial score (nSPS) is 18.4. The SMILES string of the molecule is CCN(CC)CCCN1C(=O)C(=O)C(=C(O)c2ccc(OC)cc2)[C@H]1c1cccs1. The lowest BCUT2D eigenvalue weighted by atomic mass is 10.00. The largest absolute Gasteiger partial charge is 0.507 e. The number of hydrogen-bond acceptors (Lipinski definition) is 6. The van der Waals surface area contributed by atoms with Gasteiger partial charge < -0.3 is 19.6 Å². The number of ether oxygens (including phenoxy) is 1. The summed E-state index contributed by atoms with van der Waals surface area (Å²) in [6, 6.07) is 10.0. The Kier molecular flexibility index (Phi) is 7.29. The quantitative estimate of drug-likeness (QED) is 0.373. The van der Waals surface area contributed by atoms with E-state index in [0.29, 0.717) is 17.9 Å². The molecule has 3 rings (SSSR count). The van der Waals surface area contributed by atoms with Crippen molar-refractivity contribution in [2.24, 2.45) is 0 Å². The molecule has 2 aromatic rings. The maximum absolute atomic E-state index is 12.9. The Hall–Kier alpha value is -2.64. The lowest BCUT2D eigenvalue weighted by molar-refractivity contribution is -0.139. The Balaban J connectivity index is 1.95. The molecule has 160 valence electrons. The Morgan fingerprint density at radius 1 is 1.17 bits per heavy atom. The second kappa shape index (κ2) is 9.91. The summed E-state index contributed by atoms with van der Waals surface area (Å²) in [5.74, 6) is -0.688. The number of methoxy groups -OCH3 is 1. The van der Waals surface area contributed by atoms with Crippen LogP contribution >= 0.6 is 11.3 Å². The summed E-state index contributed by atoms with van der Waals surface area (Å²) in [5.41, 5.74) is 0.633. The second-order valence-corrected chi connectivity index (χ2v) is 8.10. The van der Waals surface area contributed by atoms with Crippen molar-refractivity contribution in [1.82, 2.24) is 9.80 Å². The van der Waals surface area contributed by atoms with Gasteiger partial charge in [-0.25, -0.2) is 0 Å². The van der Waals surface area contributed by atoms with Crippen molar-refractivity contribution in [3.05, 3.63) is 57.8 Å². The summed E-state index contributed by atoms with van der Waals surface area (Å²) in [6.45, 7) is 7.42. The van der Waals surface area contributed by atoms with Gasteiger partial charge in [0.05, 0.1) is 18.7 Å². The zero-order chi connectivity index (χ0) is 21.7. The molecule has 0 saturated carbocycles. The van der Waals surface area contributed by atoms with Gasteiger partial charge in [0.2, 0.25) is 0 Å². The van der Waals surface area contributed by atoms with Crippen LogP contribution in [-0.4, -0.2) is 59.9 Å². The third-order valence-corrected chi connectivity index (χ3v) is 6.41. The number of amides is 1. The number of Topliss-reactive ketones (excluding diaryl/α,β-unsaturated/α-hetero) is 1. The van der Waals surface area contributed by atoms with Gasteiger partial charge in [-0.3, -0.25) is 9.59 Å². The number of likely N-dealkylation sites (tertiary alicyclic amines) is 1. The molecule has 0 spiro atoms. The van der Waals surface area contributed by atoms with Crippen molar-refractivity contribution < 1.29 is 19.4 Å². The highest BCUT2D eigenvalue weighted by molar-refractivity contribution is 7.10. The van der Waals surface area contributed by atoms with Gasteiger partial charge in [0.1, 0.15) is 11.5 Å². The maximum atomic E-state index is 12.9. The molecule has 7 heteroatoms. The van der Waals surface area contributed by atoms with Crippen LogP contribution in [0.1, 0.15) is 36.8 Å². The minimum absolute atomic E-state index is 0.149. The summed E-state index contributed by atoms with van der Waals surface area (Å²) in [4.78, 5) is 30.6. The summed E-state index contributed by atoms with van der Waals surface area (Å²) in [5, 5.41) is 12.9. The summed E-state index contributed by atoms with van der Waals surface area (Å²) in [6.07, 6.45) is 0.763. The van der Waals surface area contributed by atoms with E-state index in [4.69, 9.17) is 4.74 Å². The average molecular weight is 429 g/mol. The first-order valence-electron chi connectivity index (χ1n) is 10.2. The van der Waals surface area contributed by atoms with Crippen molar-refractivity contribution >= 4 is 28.8 Å². The number of carbonyl (C=O) groups is 2. The number of aliphatic hydroxyl groups excluding tert-OH is 1. The molecule has 1 fully saturated rings. The smallest absolute Gasteiger partial charge is 0.295 e. The fourth-order valence-corrected chi connectivity index (χ4v) is 4.61. The number of aliphatic hydroxyl groups is 1. The molecule has 30 heavy (non-hydrogen) atoms. The van der Waals surface area contributed by atoms with E-state index in [0.717, 1.165) is 30.9 Å². The number of carbonyl (C=O) groups excluding carboxylic acids is 2. The van der Waals surface area contributed by atoms with Crippen LogP contribution in [0.15, 0.2) is 47.4 Å². The minimum atomic E-state index is -0.635. The monoisotopic (exact) mass is 428 g/mol. The fourth-order valence-electron chi connectivity index (χ4n) is 3.76. The maximum Gasteiger partial charge on any atom is 0.295 e. The van der Waals surface area contributed by atoms with Gasteiger partial charge >= 0.3 is 0 Å². The summed E-state index contributed by atoms with van der Waals surface area (Å²) in [7, 11) is 1.56. The predicted octanol–water partition coefficient (Wildman–Crippen LogP) is 3.91. The summed E-state index contributed by atoms with van der Waals surface area (Å²) < 4.78 is 5.16. The van der Waals surface area contributed by atoms with E-state index in [1.807, 2.05) is 17.5 Å². The van der Waals surface area contributed by atoms with Crippen LogP contribution in [0.5, 0.6) is 5.75 Å². The fraction of sp³-hybridized carbons (Fsp3) is 0.391. The molecule has 0 bridgehead atoms. The van der Waals surface area contributed by atoms with Gasteiger partial charge in [0.15, 0.2) is 0 Å². The Morgan fingerprint density at radius 2 is 1.87 bits per heavy atom. The number of nitrogens with zero attached hydrogens (tertiary/aromatic N) is 2. The molecular weight excluding hydrogens is 400 g/mol. The third kappa shape index (κ3) is 4.42. The van der Waals surface area contributed by atoms with Crippen LogP contribution in [0.3, 0.4) is 0 Å². The van der Waals surface area contributed by atoms with E-state index in [1.165, 1.54) is 11.3 Å². The van der Waals surface area contributed by atoms with Crippen molar-refractivity contribution in [1.29, 1.82) is 0 Å². The zero-order valence-corrected chi connectivity index (χ0v) is 18.4. The molecule has 6 nitrogen and oxygen atoms in total. The third-order valence-electron chi connectivity index (χ3n) is 5.48. The molecule has 2 heterocycles. The van der Waals surface area contributed by atoms with Crippen LogP contribution in [0.2, 0.25) is 0 Å². The molecule has 1 amide bonds. The number of rotatable bonds is 9. The van der Waals surface area contributed by atoms with Crippen molar-refractivity contribution in [2.45, 2.75) is 26.3 Å². The van der Waals surface area contributed by atoms with Crippen LogP contribution in [0.4, 0.5) is 0 Å². The van der Waals surface area contributed by atoms with Crippen LogP contribution < -0.4 is 4.74 Å². The van der Waals surface area contributed by atoms with Crippen molar-refractivity contribution in [3.63, 3.8) is 0 Å². The molecule has 1 aliphatic heterocycles. The van der Waals surface area contributed by atoms with Gasteiger partial charge in [-0.2, -0.15) is 0 Å². The van der Waals surface area contributed by atoms with E-state index in [9.17, 15) is 14.7 Å². The standard InChI is InChI=1S/C23H28N2O4S/c1-4-24(5-2)13-7-14-25-20(18-8-6-15-30-18)19(22(27)23(25)28)21(26)16-9-11-17(29-3)12-10-16/h6,8-12,15,20,26H,4-5,7,13-14H2,1-3H3/t20-/m1/s1. The number of ketones is 1. The van der Waals surface area contributed by atoms with E-state index in [1.54, 1.807) is 36.3 Å². The molecule has 1 aliphatic rings. The van der Waals surface area contributed by atoms with Crippen LogP contribution in [-0.2, 0) is 9.59 Å². The average Bonchev–Trinajstić information content (AvgIpc) is 3.38. The number of thiophene rings is 1. The first-order valence-corrected chi connectivity index (χ1v) is 11.1. The van der Waals surface area contributed by atoms with Crippen LogP contribution in [0, 0.1) is 0 Å². The molecule has 0 radical (unpaired) electrons. The van der Waals surface area contributed by atoms with Crippen molar-refractivity contribution in [3.8, 4) is 5.75 Å². The first kappa shape index (κ1) is 22.1.